The van der Waals surface area contributed by atoms with Crippen molar-refractivity contribution in [3.05, 3.63) is 17.8 Å². The highest BCUT2D eigenvalue weighted by Crippen LogP contribution is 2.39. The molecule has 20 heavy (non-hydrogen) atoms. The van der Waals surface area contributed by atoms with Crippen LogP contribution in [0.15, 0.2) is 10.6 Å². The molecule has 1 aliphatic carbocycles. The number of ether oxygens (including phenoxy) is 1. The van der Waals surface area contributed by atoms with Crippen molar-refractivity contribution in [1.29, 1.82) is 0 Å². The van der Waals surface area contributed by atoms with Crippen LogP contribution in [0, 0.1) is 5.92 Å². The zero-order chi connectivity index (χ0) is 14.1. The van der Waals surface area contributed by atoms with E-state index < -0.39 is 0 Å². The van der Waals surface area contributed by atoms with E-state index in [2.05, 4.69) is 31.1 Å². The molecule has 0 bridgehead atoms. The SMILES string of the molecule is CC1OC(C)C(c2cnc(CCCNC3CC3)o2)C1C. The van der Waals surface area contributed by atoms with Crippen LogP contribution in [0.3, 0.4) is 0 Å². The van der Waals surface area contributed by atoms with E-state index >= 15 is 0 Å². The van der Waals surface area contributed by atoms with Gasteiger partial charge in [0.1, 0.15) is 5.76 Å². The third-order valence-electron chi connectivity index (χ3n) is 4.72. The van der Waals surface area contributed by atoms with Gasteiger partial charge >= 0.3 is 0 Å². The number of nitrogens with one attached hydrogen (secondary N) is 1. The van der Waals surface area contributed by atoms with E-state index in [1.54, 1.807) is 0 Å². The predicted molar refractivity (Wildman–Crippen MR) is 77.8 cm³/mol. The Morgan fingerprint density at radius 2 is 2.05 bits per heavy atom. The minimum Gasteiger partial charge on any atom is -0.445 e. The minimum atomic E-state index is 0.220. The minimum absolute atomic E-state index is 0.220. The first kappa shape index (κ1) is 14.1. The van der Waals surface area contributed by atoms with E-state index in [0.717, 1.165) is 37.1 Å². The van der Waals surface area contributed by atoms with Gasteiger partial charge in [-0.1, -0.05) is 6.92 Å². The van der Waals surface area contributed by atoms with Crippen LogP contribution in [0.4, 0.5) is 0 Å². The summed E-state index contributed by atoms with van der Waals surface area (Å²) in [6, 6.07) is 0.786. The second kappa shape index (κ2) is 5.86. The zero-order valence-corrected chi connectivity index (χ0v) is 12.8. The lowest BCUT2D eigenvalue weighted by Gasteiger charge is -2.14. The van der Waals surface area contributed by atoms with Crippen LogP contribution in [0.2, 0.25) is 0 Å². The summed E-state index contributed by atoms with van der Waals surface area (Å²) in [7, 11) is 0. The molecule has 2 heterocycles. The standard InChI is InChI=1S/C16H26N2O2/c1-10-11(2)19-12(3)16(10)14-9-18-15(20-14)5-4-8-17-13-6-7-13/h9-13,16-17H,4-8H2,1-3H3. The van der Waals surface area contributed by atoms with Gasteiger partial charge in [-0.3, -0.25) is 0 Å². The molecule has 2 fully saturated rings. The van der Waals surface area contributed by atoms with Gasteiger partial charge < -0.3 is 14.5 Å². The summed E-state index contributed by atoms with van der Waals surface area (Å²) in [4.78, 5) is 4.44. The molecule has 112 valence electrons. The molecule has 1 aromatic rings. The Morgan fingerprint density at radius 3 is 2.70 bits per heavy atom. The molecule has 2 aliphatic rings. The van der Waals surface area contributed by atoms with Gasteiger partial charge in [-0.2, -0.15) is 0 Å². The summed E-state index contributed by atoms with van der Waals surface area (Å²) in [6.07, 6.45) is 7.13. The third-order valence-corrected chi connectivity index (χ3v) is 4.72. The van der Waals surface area contributed by atoms with Crippen LogP contribution >= 0.6 is 0 Å². The number of aryl methyl sites for hydroxylation is 1. The summed E-state index contributed by atoms with van der Waals surface area (Å²) < 4.78 is 11.8. The van der Waals surface area contributed by atoms with Gasteiger partial charge in [-0.25, -0.2) is 4.98 Å². The molecule has 4 atom stereocenters. The number of nitrogens with zero attached hydrogens (tertiary/aromatic N) is 1. The van der Waals surface area contributed by atoms with Gasteiger partial charge in [-0.15, -0.1) is 0 Å². The molecule has 4 unspecified atom stereocenters. The Bertz CT molecular complexity index is 441. The molecule has 0 amide bonds. The van der Waals surface area contributed by atoms with Crippen LogP contribution in [0.1, 0.15) is 57.6 Å². The molecule has 4 heteroatoms. The second-order valence-electron chi connectivity index (χ2n) is 6.42. The number of rotatable bonds is 6. The molecule has 4 nitrogen and oxygen atoms in total. The van der Waals surface area contributed by atoms with E-state index in [4.69, 9.17) is 9.15 Å². The number of hydrogen-bond acceptors (Lipinski definition) is 4. The maximum atomic E-state index is 5.96. The Hall–Kier alpha value is -0.870. The van der Waals surface area contributed by atoms with Gasteiger partial charge in [0.2, 0.25) is 0 Å². The fourth-order valence-electron chi connectivity index (χ4n) is 3.18. The summed E-state index contributed by atoms with van der Waals surface area (Å²) in [5.74, 6) is 2.70. The Morgan fingerprint density at radius 1 is 1.25 bits per heavy atom. The highest BCUT2D eigenvalue weighted by molar-refractivity contribution is 5.09. The number of hydrogen-bond donors (Lipinski definition) is 1. The maximum Gasteiger partial charge on any atom is 0.194 e. The molecule has 0 radical (unpaired) electrons. The lowest BCUT2D eigenvalue weighted by molar-refractivity contribution is 0.0547. The molecule has 3 rings (SSSR count). The summed E-state index contributed by atoms with van der Waals surface area (Å²) >= 11 is 0. The third kappa shape index (κ3) is 3.07. The van der Waals surface area contributed by atoms with Crippen molar-refractivity contribution in [2.45, 2.75) is 70.6 Å². The fourth-order valence-corrected chi connectivity index (χ4v) is 3.18. The van der Waals surface area contributed by atoms with Crippen LogP contribution < -0.4 is 5.32 Å². The van der Waals surface area contributed by atoms with Gasteiger partial charge in [0.15, 0.2) is 5.89 Å². The Balaban J connectivity index is 1.53. The van der Waals surface area contributed by atoms with Crippen molar-refractivity contribution in [3.8, 4) is 0 Å². The van der Waals surface area contributed by atoms with Crippen molar-refractivity contribution in [2.24, 2.45) is 5.92 Å². The van der Waals surface area contributed by atoms with Crippen LogP contribution in [-0.4, -0.2) is 29.8 Å². The number of oxazole rings is 1. The van der Waals surface area contributed by atoms with Crippen LogP contribution in [0.5, 0.6) is 0 Å². The lowest BCUT2D eigenvalue weighted by Crippen LogP contribution is -2.17. The van der Waals surface area contributed by atoms with Crippen molar-refractivity contribution < 1.29 is 9.15 Å². The van der Waals surface area contributed by atoms with Crippen molar-refractivity contribution in [1.82, 2.24) is 10.3 Å². The maximum absolute atomic E-state index is 5.96. The zero-order valence-electron chi connectivity index (χ0n) is 12.8. The predicted octanol–water partition coefficient (Wildman–Crippen LogP) is 2.89. The van der Waals surface area contributed by atoms with Crippen LogP contribution in [-0.2, 0) is 11.2 Å². The largest absolute Gasteiger partial charge is 0.445 e. The van der Waals surface area contributed by atoms with Gasteiger partial charge in [-0.05, 0) is 45.6 Å². The molecule has 1 saturated heterocycles. The first-order valence-corrected chi connectivity index (χ1v) is 7.98. The average Bonchev–Trinajstić information content (AvgIpc) is 3.07. The lowest BCUT2D eigenvalue weighted by atomic mass is 9.88. The van der Waals surface area contributed by atoms with Crippen molar-refractivity contribution in [3.63, 3.8) is 0 Å². The smallest absolute Gasteiger partial charge is 0.194 e. The number of aromatic nitrogens is 1. The summed E-state index contributed by atoms with van der Waals surface area (Å²) in [5, 5.41) is 3.52. The molecular formula is C16H26N2O2. The molecule has 1 aromatic heterocycles. The fraction of sp³-hybridized carbons (Fsp3) is 0.812. The van der Waals surface area contributed by atoms with Gasteiger partial charge in [0.05, 0.1) is 18.4 Å². The quantitative estimate of drug-likeness (QED) is 0.813. The first-order valence-electron chi connectivity index (χ1n) is 7.98. The summed E-state index contributed by atoms with van der Waals surface area (Å²) in [5.41, 5.74) is 0. The first-order chi connectivity index (χ1) is 9.65. The molecule has 1 N–H and O–H groups in total. The molecule has 1 saturated carbocycles. The summed E-state index contributed by atoms with van der Waals surface area (Å²) in [6.45, 7) is 7.58. The van der Waals surface area contributed by atoms with E-state index in [1.165, 1.54) is 12.8 Å². The van der Waals surface area contributed by atoms with E-state index in [0.29, 0.717) is 17.9 Å². The van der Waals surface area contributed by atoms with Gasteiger partial charge in [0, 0.05) is 18.4 Å². The average molecular weight is 278 g/mol. The Kier molecular flexibility index (Phi) is 4.13. The Labute approximate surface area is 121 Å². The second-order valence-corrected chi connectivity index (χ2v) is 6.42. The van der Waals surface area contributed by atoms with E-state index in [1.807, 2.05) is 6.20 Å². The monoisotopic (exact) mass is 278 g/mol. The highest BCUT2D eigenvalue weighted by Gasteiger charge is 2.40. The van der Waals surface area contributed by atoms with Gasteiger partial charge in [0.25, 0.3) is 0 Å². The molecule has 0 spiro atoms. The van der Waals surface area contributed by atoms with E-state index in [-0.39, 0.29) is 6.10 Å². The topological polar surface area (TPSA) is 47.3 Å². The molecular weight excluding hydrogens is 252 g/mol. The molecule has 0 aromatic carbocycles. The highest BCUT2D eigenvalue weighted by atomic mass is 16.5. The van der Waals surface area contributed by atoms with E-state index in [9.17, 15) is 0 Å². The molecule has 1 aliphatic heterocycles. The van der Waals surface area contributed by atoms with Crippen molar-refractivity contribution in [2.75, 3.05) is 6.54 Å². The normalized spacial score (nSPS) is 33.8. The van der Waals surface area contributed by atoms with Crippen molar-refractivity contribution >= 4 is 0 Å². The van der Waals surface area contributed by atoms with Crippen LogP contribution in [0.25, 0.3) is 0 Å².